The number of carbonyl (C=O) groups excluding carboxylic acids is 4. The van der Waals surface area contributed by atoms with Gasteiger partial charge in [0.2, 0.25) is 11.8 Å². The van der Waals surface area contributed by atoms with E-state index in [4.69, 9.17) is 34.0 Å². The lowest BCUT2D eigenvalue weighted by molar-refractivity contribution is -0.141. The van der Waals surface area contributed by atoms with Gasteiger partial charge in [0, 0.05) is 30.6 Å². The molecule has 1 aromatic heterocycles. The molecule has 3 aromatic carbocycles. The molecule has 0 aliphatic heterocycles. The highest BCUT2D eigenvalue weighted by atomic mass is 16.6. The Morgan fingerprint density at radius 3 is 2.17 bits per heavy atom. The van der Waals surface area contributed by atoms with Crippen molar-refractivity contribution in [1.82, 2.24) is 15.6 Å². The summed E-state index contributed by atoms with van der Waals surface area (Å²) in [6.45, 7) is 9.26. The van der Waals surface area contributed by atoms with Crippen LogP contribution in [0.5, 0.6) is 0 Å². The zero-order valence-electron chi connectivity index (χ0n) is 36.7. The molecule has 0 aliphatic carbocycles. The fraction of sp³-hybridized carbons (Fsp3) is 0.457. The highest BCUT2D eigenvalue weighted by Gasteiger charge is 2.28. The highest BCUT2D eigenvalue weighted by molar-refractivity contribution is 5.96. The maximum Gasteiger partial charge on any atom is 0.416 e. The Kier molecular flexibility index (Phi) is 20.8. The van der Waals surface area contributed by atoms with Crippen LogP contribution in [0.1, 0.15) is 57.2 Å². The van der Waals surface area contributed by atoms with E-state index in [2.05, 4.69) is 43.8 Å². The van der Waals surface area contributed by atoms with Crippen molar-refractivity contribution in [1.29, 1.82) is 0 Å². The number of aromatic nitrogens is 1. The van der Waals surface area contributed by atoms with Crippen molar-refractivity contribution in [3.8, 4) is 11.1 Å². The molecule has 3 amide bonds. The van der Waals surface area contributed by atoms with Crippen LogP contribution in [0.4, 0.5) is 10.6 Å². The van der Waals surface area contributed by atoms with Crippen molar-refractivity contribution in [2.45, 2.75) is 64.6 Å². The summed E-state index contributed by atoms with van der Waals surface area (Å²) >= 11 is 0. The lowest BCUT2D eigenvalue weighted by atomic mass is 9.95. The smallest absolute Gasteiger partial charge is 0.416 e. The summed E-state index contributed by atoms with van der Waals surface area (Å²) in [5.74, 6) is -1.18. The second-order valence-corrected chi connectivity index (χ2v) is 15.4. The fourth-order valence-electron chi connectivity index (χ4n) is 6.29. The van der Waals surface area contributed by atoms with Crippen molar-refractivity contribution >= 4 is 40.5 Å². The van der Waals surface area contributed by atoms with Gasteiger partial charge >= 0.3 is 12.1 Å². The van der Waals surface area contributed by atoms with Gasteiger partial charge in [-0.25, -0.2) is 9.78 Å². The van der Waals surface area contributed by atoms with Crippen LogP contribution in [0.15, 0.2) is 90.2 Å². The first kappa shape index (κ1) is 49.6. The molecule has 0 fully saturated rings. The van der Waals surface area contributed by atoms with Gasteiger partial charge in [0.15, 0.2) is 0 Å². The standard InChI is InChI=1S/C46H59N7O10/c1-33-19-20-48-41(30-33)53(45(57)63-46(2,3)4)22-9-14-42(54)50-40(32-62-29-28-61-27-26-60-25-24-59-23-21-49-52-47)44(56)51-39(31-43(55)58-5)36-17-15-35(16-18-36)38-13-8-11-34-10-6-7-12-37(34)38/h6-8,10-13,15-20,30,39-40H,9,14,21-29,31-32H2,1-5H3,(H,50,54)(H,51,56)/t39-,40-/m0/s1. The minimum atomic E-state index is -1.16. The molecule has 0 saturated carbocycles. The Labute approximate surface area is 368 Å². The summed E-state index contributed by atoms with van der Waals surface area (Å²) in [7, 11) is 1.28. The van der Waals surface area contributed by atoms with Crippen LogP contribution in [0.3, 0.4) is 0 Å². The van der Waals surface area contributed by atoms with Crippen LogP contribution in [-0.2, 0) is 42.8 Å². The number of nitrogens with one attached hydrogen (secondary N) is 2. The quantitative estimate of drug-likeness (QED) is 0.0215. The molecule has 2 N–H and O–H groups in total. The average molecular weight is 870 g/mol. The molecular formula is C46H59N7O10. The van der Waals surface area contributed by atoms with Crippen LogP contribution in [0.2, 0.25) is 0 Å². The number of hydrogen-bond acceptors (Lipinski definition) is 12. The first-order valence-electron chi connectivity index (χ1n) is 20.9. The number of pyridine rings is 1. The van der Waals surface area contributed by atoms with E-state index in [1.54, 1.807) is 33.0 Å². The maximum absolute atomic E-state index is 14.0. The van der Waals surface area contributed by atoms with Gasteiger partial charge in [-0.05, 0) is 84.8 Å². The minimum Gasteiger partial charge on any atom is -0.469 e. The first-order valence-corrected chi connectivity index (χ1v) is 20.9. The molecule has 17 heteroatoms. The van der Waals surface area contributed by atoms with Crippen LogP contribution in [0.25, 0.3) is 32.3 Å². The van der Waals surface area contributed by atoms with Crippen LogP contribution in [0, 0.1) is 6.92 Å². The molecule has 0 spiro atoms. The van der Waals surface area contributed by atoms with E-state index in [-0.39, 0.29) is 58.8 Å². The molecule has 0 radical (unpaired) electrons. The molecule has 1 heterocycles. The number of benzene rings is 3. The highest BCUT2D eigenvalue weighted by Crippen LogP contribution is 2.30. The molecule has 63 heavy (non-hydrogen) atoms. The molecule has 0 bridgehead atoms. The van der Waals surface area contributed by atoms with Gasteiger partial charge in [0.25, 0.3) is 0 Å². The molecule has 2 atom stereocenters. The Hall–Kier alpha value is -6.10. The third-order valence-corrected chi connectivity index (χ3v) is 9.36. The van der Waals surface area contributed by atoms with Gasteiger partial charge in [-0.2, -0.15) is 0 Å². The predicted octanol–water partition coefficient (Wildman–Crippen LogP) is 7.01. The van der Waals surface area contributed by atoms with E-state index >= 15 is 0 Å². The molecule has 0 aliphatic rings. The second-order valence-electron chi connectivity index (χ2n) is 15.4. The molecular weight excluding hydrogens is 811 g/mol. The number of rotatable bonds is 26. The molecule has 4 rings (SSSR count). The Balaban J connectivity index is 1.41. The average Bonchev–Trinajstić information content (AvgIpc) is 3.26. The number of ether oxygens (including phenoxy) is 6. The third kappa shape index (κ3) is 17.7. The van der Waals surface area contributed by atoms with E-state index in [1.165, 1.54) is 12.0 Å². The summed E-state index contributed by atoms with van der Waals surface area (Å²) in [5.41, 5.74) is 11.1. The van der Waals surface area contributed by atoms with Gasteiger partial charge in [-0.1, -0.05) is 71.8 Å². The fourth-order valence-corrected chi connectivity index (χ4v) is 6.29. The Morgan fingerprint density at radius 2 is 1.51 bits per heavy atom. The summed E-state index contributed by atoms with van der Waals surface area (Å²) in [6, 6.07) is 23.4. The number of amides is 3. The summed E-state index contributed by atoms with van der Waals surface area (Å²) in [5, 5.41) is 11.3. The van der Waals surface area contributed by atoms with Crippen molar-refractivity contribution < 1.29 is 47.6 Å². The van der Waals surface area contributed by atoms with Gasteiger partial charge in [0.1, 0.15) is 17.5 Å². The number of azide groups is 1. The number of esters is 1. The lowest BCUT2D eigenvalue weighted by Crippen LogP contribution is -2.50. The Bertz CT molecular complexity index is 2120. The first-order chi connectivity index (χ1) is 30.4. The van der Waals surface area contributed by atoms with Crippen molar-refractivity contribution in [2.24, 2.45) is 5.11 Å². The Morgan fingerprint density at radius 1 is 0.841 bits per heavy atom. The van der Waals surface area contributed by atoms with E-state index in [1.807, 2.05) is 61.5 Å². The number of methoxy groups -OCH3 is 1. The molecule has 17 nitrogen and oxygen atoms in total. The molecule has 338 valence electrons. The van der Waals surface area contributed by atoms with Crippen LogP contribution >= 0.6 is 0 Å². The molecule has 4 aromatic rings. The van der Waals surface area contributed by atoms with E-state index in [0.717, 1.165) is 27.5 Å². The zero-order chi connectivity index (χ0) is 45.5. The summed E-state index contributed by atoms with van der Waals surface area (Å²) < 4.78 is 32.8. The van der Waals surface area contributed by atoms with Crippen LogP contribution < -0.4 is 15.5 Å². The number of anilines is 1. The van der Waals surface area contributed by atoms with Gasteiger partial charge < -0.3 is 39.1 Å². The van der Waals surface area contributed by atoms with Gasteiger partial charge in [0.05, 0.1) is 72.4 Å². The van der Waals surface area contributed by atoms with E-state index in [0.29, 0.717) is 37.8 Å². The number of nitrogens with zero attached hydrogens (tertiary/aromatic N) is 5. The van der Waals surface area contributed by atoms with Crippen molar-refractivity contribution in [3.05, 3.63) is 107 Å². The zero-order valence-corrected chi connectivity index (χ0v) is 36.7. The topological polar surface area (TPSA) is 213 Å². The largest absolute Gasteiger partial charge is 0.469 e. The summed E-state index contributed by atoms with van der Waals surface area (Å²) in [4.78, 5) is 61.8. The third-order valence-electron chi connectivity index (χ3n) is 9.36. The predicted molar refractivity (Wildman–Crippen MR) is 238 cm³/mol. The molecule has 0 saturated heterocycles. The SMILES string of the molecule is COC(=O)C[C@H](NC(=O)[C@H](COCCOCCOCCOCCN=[N+]=[N-])NC(=O)CCCN(C(=O)OC(C)(C)C)c1cc(C)ccn1)c1ccc(-c2cccc3ccccc23)cc1. The lowest BCUT2D eigenvalue weighted by Gasteiger charge is -2.27. The maximum atomic E-state index is 14.0. The number of fused-ring (bicyclic) bond motifs is 1. The second kappa shape index (κ2) is 26.4. The van der Waals surface area contributed by atoms with Gasteiger partial charge in [-0.3, -0.25) is 19.3 Å². The molecule has 0 unspecified atom stereocenters. The van der Waals surface area contributed by atoms with Gasteiger partial charge in [-0.15, -0.1) is 0 Å². The van der Waals surface area contributed by atoms with Crippen molar-refractivity contribution in [3.63, 3.8) is 0 Å². The van der Waals surface area contributed by atoms with E-state index in [9.17, 15) is 19.2 Å². The van der Waals surface area contributed by atoms with Crippen molar-refractivity contribution in [2.75, 3.05) is 78.0 Å². The number of carbonyl (C=O) groups is 4. The van der Waals surface area contributed by atoms with Crippen LogP contribution in [-0.4, -0.2) is 114 Å². The van der Waals surface area contributed by atoms with E-state index < -0.39 is 41.6 Å². The number of hydrogen-bond donors (Lipinski definition) is 2. The normalized spacial score (nSPS) is 12.1. The summed E-state index contributed by atoms with van der Waals surface area (Å²) in [6.07, 6.45) is 1.01. The monoisotopic (exact) mass is 869 g/mol. The minimum absolute atomic E-state index is 0.0436. The number of aryl methyl sites for hydroxylation is 1.